The first-order chi connectivity index (χ1) is 10.2. The van der Waals surface area contributed by atoms with Gasteiger partial charge in [-0.2, -0.15) is 0 Å². The summed E-state index contributed by atoms with van der Waals surface area (Å²) in [6.45, 7) is 6.28. The predicted octanol–water partition coefficient (Wildman–Crippen LogP) is 2.03. The lowest BCUT2D eigenvalue weighted by molar-refractivity contribution is -0.131. The summed E-state index contributed by atoms with van der Waals surface area (Å²) in [5.74, 6) is 2.14. The molecule has 1 N–H and O–H groups in total. The molecule has 0 radical (unpaired) electrons. The molecule has 1 aromatic heterocycles. The standard InChI is InChI=1S/C17H25N3O/c1-13(14-2-6-18-7-3-14)10-17(21)20-8-4-15-11-19-12-16(15)5-9-20/h2-3,6-7,13,15-16,19H,4-5,8-12H2,1H3/t13?,15-,16+. The maximum atomic E-state index is 12.5. The number of fused-ring (bicyclic) bond motifs is 1. The van der Waals surface area contributed by atoms with Crippen molar-refractivity contribution in [1.29, 1.82) is 0 Å². The highest BCUT2D eigenvalue weighted by molar-refractivity contribution is 5.77. The highest BCUT2D eigenvalue weighted by atomic mass is 16.2. The molecule has 4 nitrogen and oxygen atoms in total. The summed E-state index contributed by atoms with van der Waals surface area (Å²) < 4.78 is 0. The summed E-state index contributed by atoms with van der Waals surface area (Å²) in [5.41, 5.74) is 1.20. The van der Waals surface area contributed by atoms with Crippen molar-refractivity contribution in [2.75, 3.05) is 26.2 Å². The van der Waals surface area contributed by atoms with Gasteiger partial charge in [0.15, 0.2) is 0 Å². The molecule has 2 aliphatic heterocycles. The summed E-state index contributed by atoms with van der Waals surface area (Å²) >= 11 is 0. The number of amides is 1. The van der Waals surface area contributed by atoms with Gasteiger partial charge in [0.25, 0.3) is 0 Å². The molecule has 0 aliphatic carbocycles. The van der Waals surface area contributed by atoms with Crippen LogP contribution in [0.25, 0.3) is 0 Å². The van der Waals surface area contributed by atoms with Crippen molar-refractivity contribution in [2.24, 2.45) is 11.8 Å². The Morgan fingerprint density at radius 3 is 2.52 bits per heavy atom. The molecule has 2 fully saturated rings. The van der Waals surface area contributed by atoms with Crippen molar-refractivity contribution in [2.45, 2.75) is 32.1 Å². The van der Waals surface area contributed by atoms with Crippen LogP contribution in [0.4, 0.5) is 0 Å². The van der Waals surface area contributed by atoms with Gasteiger partial charge in [-0.15, -0.1) is 0 Å². The van der Waals surface area contributed by atoms with E-state index in [9.17, 15) is 4.79 Å². The molecule has 4 heteroatoms. The van der Waals surface area contributed by atoms with E-state index in [0.717, 1.165) is 50.9 Å². The van der Waals surface area contributed by atoms with Gasteiger partial charge < -0.3 is 10.2 Å². The molecule has 0 bridgehead atoms. The first-order valence-corrected chi connectivity index (χ1v) is 8.12. The minimum Gasteiger partial charge on any atom is -0.343 e. The van der Waals surface area contributed by atoms with Crippen molar-refractivity contribution in [3.05, 3.63) is 30.1 Å². The molecule has 3 rings (SSSR count). The number of nitrogens with zero attached hydrogens (tertiary/aromatic N) is 2. The molecule has 114 valence electrons. The third-order valence-corrected chi connectivity index (χ3v) is 5.13. The fourth-order valence-electron chi connectivity index (χ4n) is 3.67. The molecule has 0 saturated carbocycles. The lowest BCUT2D eigenvalue weighted by atomic mass is 9.92. The number of rotatable bonds is 3. The molecule has 1 amide bonds. The summed E-state index contributed by atoms with van der Waals surface area (Å²) in [6, 6.07) is 4.02. The number of nitrogens with one attached hydrogen (secondary N) is 1. The Balaban J connectivity index is 1.55. The molecule has 2 aliphatic rings. The maximum absolute atomic E-state index is 12.5. The van der Waals surface area contributed by atoms with Crippen LogP contribution in [0.1, 0.15) is 37.7 Å². The van der Waals surface area contributed by atoms with Crippen LogP contribution in [0.3, 0.4) is 0 Å². The molecule has 1 unspecified atom stereocenters. The van der Waals surface area contributed by atoms with E-state index in [1.807, 2.05) is 12.1 Å². The monoisotopic (exact) mass is 287 g/mol. The Kier molecular flexibility index (Phi) is 4.54. The van der Waals surface area contributed by atoms with Gasteiger partial charge in [-0.05, 0) is 61.4 Å². The number of aromatic nitrogens is 1. The van der Waals surface area contributed by atoms with Gasteiger partial charge in [0, 0.05) is 31.9 Å². The second-order valence-electron chi connectivity index (χ2n) is 6.52. The summed E-state index contributed by atoms with van der Waals surface area (Å²) in [6.07, 6.45) is 6.53. The van der Waals surface area contributed by atoms with Crippen molar-refractivity contribution in [3.8, 4) is 0 Å². The first-order valence-electron chi connectivity index (χ1n) is 8.12. The molecular weight excluding hydrogens is 262 g/mol. The summed E-state index contributed by atoms with van der Waals surface area (Å²) in [5, 5.41) is 3.48. The van der Waals surface area contributed by atoms with Crippen LogP contribution in [-0.2, 0) is 4.79 Å². The van der Waals surface area contributed by atoms with Crippen LogP contribution in [-0.4, -0.2) is 42.0 Å². The number of hydrogen-bond acceptors (Lipinski definition) is 3. The van der Waals surface area contributed by atoms with Crippen molar-refractivity contribution >= 4 is 5.91 Å². The summed E-state index contributed by atoms with van der Waals surface area (Å²) in [4.78, 5) is 18.7. The molecule has 3 atom stereocenters. The normalized spacial score (nSPS) is 27.0. The molecule has 0 spiro atoms. The van der Waals surface area contributed by atoms with E-state index in [2.05, 4.69) is 22.1 Å². The third-order valence-electron chi connectivity index (χ3n) is 5.13. The molecule has 0 aromatic carbocycles. The van der Waals surface area contributed by atoms with Gasteiger partial charge >= 0.3 is 0 Å². The lowest BCUT2D eigenvalue weighted by Gasteiger charge is -2.23. The molecule has 21 heavy (non-hydrogen) atoms. The maximum Gasteiger partial charge on any atom is 0.223 e. The van der Waals surface area contributed by atoms with E-state index in [0.29, 0.717) is 12.3 Å². The fourth-order valence-corrected chi connectivity index (χ4v) is 3.67. The highest BCUT2D eigenvalue weighted by Crippen LogP contribution is 2.28. The quantitative estimate of drug-likeness (QED) is 0.925. The van der Waals surface area contributed by atoms with Crippen molar-refractivity contribution in [3.63, 3.8) is 0 Å². The van der Waals surface area contributed by atoms with E-state index in [1.165, 1.54) is 5.56 Å². The van der Waals surface area contributed by atoms with Crippen LogP contribution in [0, 0.1) is 11.8 Å². The molecule has 1 aromatic rings. The van der Waals surface area contributed by atoms with Gasteiger partial charge in [0.1, 0.15) is 0 Å². The van der Waals surface area contributed by atoms with Crippen LogP contribution >= 0.6 is 0 Å². The van der Waals surface area contributed by atoms with Crippen molar-refractivity contribution < 1.29 is 4.79 Å². The largest absolute Gasteiger partial charge is 0.343 e. The lowest BCUT2D eigenvalue weighted by Crippen LogP contribution is -2.33. The molecule has 3 heterocycles. The molecule has 2 saturated heterocycles. The molecular formula is C17H25N3O. The minimum absolute atomic E-state index is 0.268. The second-order valence-corrected chi connectivity index (χ2v) is 6.52. The topological polar surface area (TPSA) is 45.2 Å². The Hall–Kier alpha value is -1.42. The van der Waals surface area contributed by atoms with E-state index in [4.69, 9.17) is 0 Å². The Labute approximate surface area is 126 Å². The predicted molar refractivity (Wildman–Crippen MR) is 82.9 cm³/mol. The minimum atomic E-state index is 0.268. The number of hydrogen-bond donors (Lipinski definition) is 1. The zero-order chi connectivity index (χ0) is 14.7. The smallest absolute Gasteiger partial charge is 0.223 e. The number of likely N-dealkylation sites (tertiary alicyclic amines) is 1. The number of carbonyl (C=O) groups excluding carboxylic acids is 1. The van der Waals surface area contributed by atoms with E-state index in [1.54, 1.807) is 12.4 Å². The van der Waals surface area contributed by atoms with E-state index in [-0.39, 0.29) is 5.92 Å². The zero-order valence-electron chi connectivity index (χ0n) is 12.8. The van der Waals surface area contributed by atoms with E-state index < -0.39 is 0 Å². The first kappa shape index (κ1) is 14.5. The van der Waals surface area contributed by atoms with E-state index >= 15 is 0 Å². The zero-order valence-corrected chi connectivity index (χ0v) is 12.8. The average molecular weight is 287 g/mol. The number of carbonyl (C=O) groups is 1. The average Bonchev–Trinajstić information content (AvgIpc) is 2.86. The number of pyridine rings is 1. The Morgan fingerprint density at radius 1 is 1.29 bits per heavy atom. The Morgan fingerprint density at radius 2 is 1.90 bits per heavy atom. The van der Waals surface area contributed by atoms with Gasteiger partial charge in [0.05, 0.1) is 0 Å². The van der Waals surface area contributed by atoms with Crippen LogP contribution in [0.5, 0.6) is 0 Å². The second kappa shape index (κ2) is 6.56. The van der Waals surface area contributed by atoms with Crippen LogP contribution in [0.15, 0.2) is 24.5 Å². The summed E-state index contributed by atoms with van der Waals surface area (Å²) in [7, 11) is 0. The highest BCUT2D eigenvalue weighted by Gasteiger charge is 2.31. The van der Waals surface area contributed by atoms with Crippen LogP contribution in [0.2, 0.25) is 0 Å². The van der Waals surface area contributed by atoms with Gasteiger partial charge in [-0.3, -0.25) is 9.78 Å². The van der Waals surface area contributed by atoms with Gasteiger partial charge in [-0.25, -0.2) is 0 Å². The SMILES string of the molecule is CC(CC(=O)N1CC[C@@H]2CNC[C@@H]2CC1)c1ccncc1. The van der Waals surface area contributed by atoms with Crippen molar-refractivity contribution in [1.82, 2.24) is 15.2 Å². The van der Waals surface area contributed by atoms with Gasteiger partial charge in [0.2, 0.25) is 5.91 Å². The van der Waals surface area contributed by atoms with Crippen LogP contribution < -0.4 is 5.32 Å². The van der Waals surface area contributed by atoms with Gasteiger partial charge in [-0.1, -0.05) is 6.92 Å². The third kappa shape index (κ3) is 3.43. The fraction of sp³-hybridized carbons (Fsp3) is 0.647. The Bertz CT molecular complexity index is 462.